The van der Waals surface area contributed by atoms with Gasteiger partial charge in [0.15, 0.2) is 0 Å². The highest BCUT2D eigenvalue weighted by molar-refractivity contribution is 6.43. The molecule has 0 atom stereocenters. The standard InChI is InChI=1S/C25H23Cl3N4O2/c1-15(33)32-13-25(14-32)11-31(12-25)10-16-6-7-20(30-24(16)34-2)19-5-3-4-17(21(19)26)18-8-9-29-23(28)22(18)27/h3-9H,10-14H2,1-2H3. The minimum atomic E-state index is 0.155. The van der Waals surface area contributed by atoms with E-state index in [1.807, 2.05) is 35.2 Å². The second-order valence-electron chi connectivity index (χ2n) is 9.02. The fraction of sp³-hybridized carbons (Fsp3) is 0.320. The molecule has 9 heteroatoms. The van der Waals surface area contributed by atoms with Crippen LogP contribution in [0.15, 0.2) is 42.6 Å². The maximum Gasteiger partial charge on any atom is 0.219 e. The number of halogens is 3. The Kier molecular flexibility index (Phi) is 6.19. The molecular formula is C25H23Cl3N4O2. The van der Waals surface area contributed by atoms with E-state index in [1.165, 1.54) is 0 Å². The third-order valence-electron chi connectivity index (χ3n) is 6.55. The lowest BCUT2D eigenvalue weighted by atomic mass is 9.72. The van der Waals surface area contributed by atoms with E-state index in [2.05, 4.69) is 9.88 Å². The Hall–Kier alpha value is -2.38. The molecule has 2 aromatic heterocycles. The van der Waals surface area contributed by atoms with E-state index in [-0.39, 0.29) is 16.5 Å². The molecule has 0 N–H and O–H groups in total. The number of carbonyl (C=O) groups excluding carboxylic acids is 1. The number of hydrogen-bond donors (Lipinski definition) is 0. The smallest absolute Gasteiger partial charge is 0.219 e. The number of amides is 1. The molecule has 1 aromatic carbocycles. The van der Waals surface area contributed by atoms with Gasteiger partial charge in [0.1, 0.15) is 5.15 Å². The number of ether oxygens (including phenoxy) is 1. The third-order valence-corrected chi connectivity index (χ3v) is 7.73. The number of methoxy groups -OCH3 is 1. The van der Waals surface area contributed by atoms with Crippen LogP contribution in [0.25, 0.3) is 22.4 Å². The van der Waals surface area contributed by atoms with Crippen LogP contribution >= 0.6 is 34.8 Å². The van der Waals surface area contributed by atoms with Gasteiger partial charge in [0.2, 0.25) is 11.8 Å². The van der Waals surface area contributed by atoms with E-state index in [0.717, 1.165) is 49.4 Å². The van der Waals surface area contributed by atoms with Crippen molar-refractivity contribution in [3.05, 3.63) is 63.4 Å². The van der Waals surface area contributed by atoms with Crippen molar-refractivity contribution in [2.24, 2.45) is 5.41 Å². The van der Waals surface area contributed by atoms with E-state index in [9.17, 15) is 4.79 Å². The number of hydrogen-bond acceptors (Lipinski definition) is 5. The van der Waals surface area contributed by atoms with Crippen LogP contribution in [0.4, 0.5) is 0 Å². The zero-order valence-electron chi connectivity index (χ0n) is 18.8. The summed E-state index contributed by atoms with van der Waals surface area (Å²) >= 11 is 19.3. The van der Waals surface area contributed by atoms with Crippen LogP contribution in [-0.4, -0.2) is 59.0 Å². The van der Waals surface area contributed by atoms with Crippen LogP contribution in [0.5, 0.6) is 5.88 Å². The summed E-state index contributed by atoms with van der Waals surface area (Å²) in [6, 6.07) is 11.5. The summed E-state index contributed by atoms with van der Waals surface area (Å²) in [5, 5.41) is 1.11. The van der Waals surface area contributed by atoms with Gasteiger partial charge in [-0.1, -0.05) is 59.1 Å². The van der Waals surface area contributed by atoms with Crippen LogP contribution in [0.1, 0.15) is 12.5 Å². The molecule has 2 aliphatic heterocycles. The average Bonchev–Trinajstić information content (AvgIpc) is 2.76. The predicted molar refractivity (Wildman–Crippen MR) is 134 cm³/mol. The minimum absolute atomic E-state index is 0.155. The largest absolute Gasteiger partial charge is 0.481 e. The topological polar surface area (TPSA) is 58.6 Å². The van der Waals surface area contributed by atoms with Gasteiger partial charge in [-0.15, -0.1) is 0 Å². The summed E-state index contributed by atoms with van der Waals surface area (Å²) < 4.78 is 5.63. The minimum Gasteiger partial charge on any atom is -0.481 e. The Bertz CT molecular complexity index is 1270. The molecule has 1 amide bonds. The first-order valence-electron chi connectivity index (χ1n) is 10.9. The summed E-state index contributed by atoms with van der Waals surface area (Å²) in [6.07, 6.45) is 1.60. The van der Waals surface area contributed by atoms with Crippen molar-refractivity contribution < 1.29 is 9.53 Å². The Morgan fingerprint density at radius 2 is 1.71 bits per heavy atom. The molecule has 4 heterocycles. The van der Waals surface area contributed by atoms with Gasteiger partial charge in [0, 0.05) is 73.5 Å². The van der Waals surface area contributed by atoms with Crippen LogP contribution < -0.4 is 4.74 Å². The average molecular weight is 518 g/mol. The first-order chi connectivity index (χ1) is 16.3. The van der Waals surface area contributed by atoms with Gasteiger partial charge >= 0.3 is 0 Å². The molecule has 0 unspecified atom stereocenters. The molecule has 0 saturated carbocycles. The molecule has 2 aliphatic rings. The van der Waals surface area contributed by atoms with Gasteiger partial charge in [0.25, 0.3) is 0 Å². The van der Waals surface area contributed by atoms with Gasteiger partial charge in [-0.25, -0.2) is 9.97 Å². The summed E-state index contributed by atoms with van der Waals surface area (Å²) in [6.45, 7) is 6.04. The van der Waals surface area contributed by atoms with Crippen molar-refractivity contribution >= 4 is 40.7 Å². The highest BCUT2D eigenvalue weighted by atomic mass is 35.5. The number of benzene rings is 1. The van der Waals surface area contributed by atoms with E-state index < -0.39 is 0 Å². The van der Waals surface area contributed by atoms with Crippen molar-refractivity contribution in [2.45, 2.75) is 13.5 Å². The molecule has 5 rings (SSSR count). The third kappa shape index (κ3) is 4.13. The summed E-state index contributed by atoms with van der Waals surface area (Å²) in [7, 11) is 1.63. The molecule has 1 spiro atoms. The van der Waals surface area contributed by atoms with Crippen LogP contribution in [0.2, 0.25) is 15.2 Å². The lowest BCUT2D eigenvalue weighted by Crippen LogP contribution is -2.72. The van der Waals surface area contributed by atoms with Crippen molar-refractivity contribution in [1.29, 1.82) is 0 Å². The van der Waals surface area contributed by atoms with Crippen molar-refractivity contribution in [3.63, 3.8) is 0 Å². The van der Waals surface area contributed by atoms with Gasteiger partial charge in [-0.05, 0) is 12.1 Å². The number of likely N-dealkylation sites (tertiary alicyclic amines) is 2. The maximum absolute atomic E-state index is 11.5. The molecule has 0 radical (unpaired) electrons. The lowest BCUT2D eigenvalue weighted by Gasteiger charge is -2.60. The number of pyridine rings is 2. The van der Waals surface area contributed by atoms with Crippen LogP contribution in [0.3, 0.4) is 0 Å². The van der Waals surface area contributed by atoms with Gasteiger partial charge in [0.05, 0.1) is 22.8 Å². The molecule has 176 valence electrons. The molecule has 6 nitrogen and oxygen atoms in total. The monoisotopic (exact) mass is 516 g/mol. The van der Waals surface area contributed by atoms with E-state index in [0.29, 0.717) is 27.2 Å². The molecule has 0 bridgehead atoms. The Labute approximate surface area is 213 Å². The highest BCUT2D eigenvalue weighted by Crippen LogP contribution is 2.42. The molecule has 2 saturated heterocycles. The zero-order chi connectivity index (χ0) is 24.0. The zero-order valence-corrected chi connectivity index (χ0v) is 21.1. The Balaban J connectivity index is 1.36. The first-order valence-corrected chi connectivity index (χ1v) is 12.0. The molecule has 0 aliphatic carbocycles. The summed E-state index contributed by atoms with van der Waals surface area (Å²) in [5.41, 5.74) is 4.22. The second-order valence-corrected chi connectivity index (χ2v) is 10.1. The van der Waals surface area contributed by atoms with Gasteiger partial charge < -0.3 is 9.64 Å². The summed E-state index contributed by atoms with van der Waals surface area (Å²) in [5.74, 6) is 0.728. The predicted octanol–water partition coefficient (Wildman–Crippen LogP) is 5.44. The SMILES string of the molecule is COc1nc(-c2cccc(-c3ccnc(Cl)c3Cl)c2Cl)ccc1CN1CC2(C1)CN(C(C)=O)C2. The number of nitrogens with zero attached hydrogens (tertiary/aromatic N) is 4. The first kappa shape index (κ1) is 23.4. The summed E-state index contributed by atoms with van der Waals surface area (Å²) in [4.78, 5) is 24.5. The van der Waals surface area contributed by atoms with Crippen molar-refractivity contribution in [2.75, 3.05) is 33.3 Å². The second kappa shape index (κ2) is 9.00. The maximum atomic E-state index is 11.5. The lowest BCUT2D eigenvalue weighted by molar-refractivity contribution is -0.157. The highest BCUT2D eigenvalue weighted by Gasteiger charge is 2.52. The fourth-order valence-corrected chi connectivity index (χ4v) is 5.62. The number of carbonyl (C=O) groups is 1. The molecule has 2 fully saturated rings. The van der Waals surface area contributed by atoms with E-state index >= 15 is 0 Å². The Morgan fingerprint density at radius 3 is 2.41 bits per heavy atom. The van der Waals surface area contributed by atoms with Crippen molar-refractivity contribution in [3.8, 4) is 28.3 Å². The molecule has 34 heavy (non-hydrogen) atoms. The van der Waals surface area contributed by atoms with Crippen LogP contribution in [0, 0.1) is 5.41 Å². The fourth-order valence-electron chi connectivity index (χ4n) is 4.92. The normalized spacial score (nSPS) is 16.8. The van der Waals surface area contributed by atoms with Crippen molar-refractivity contribution in [1.82, 2.24) is 19.8 Å². The molecule has 3 aromatic rings. The van der Waals surface area contributed by atoms with E-state index in [1.54, 1.807) is 26.3 Å². The van der Waals surface area contributed by atoms with Crippen LogP contribution in [-0.2, 0) is 11.3 Å². The quantitative estimate of drug-likeness (QED) is 0.422. The van der Waals surface area contributed by atoms with Gasteiger partial charge in [-0.2, -0.15) is 0 Å². The number of rotatable bonds is 5. The number of aromatic nitrogens is 2. The molecular weight excluding hydrogens is 495 g/mol. The van der Waals surface area contributed by atoms with E-state index in [4.69, 9.17) is 44.5 Å². The Morgan fingerprint density at radius 1 is 1.00 bits per heavy atom. The van der Waals surface area contributed by atoms with Gasteiger partial charge in [-0.3, -0.25) is 9.69 Å².